The Hall–Kier alpha value is -1.90. The molecular weight excluding hydrogens is 248 g/mol. The molecule has 0 fully saturated rings. The van der Waals surface area contributed by atoms with Crippen molar-refractivity contribution in [1.29, 1.82) is 0 Å². The first-order chi connectivity index (χ1) is 9.72. The molecule has 0 saturated heterocycles. The average Bonchev–Trinajstić information content (AvgIpc) is 3.01. The maximum atomic E-state index is 12.4. The standard InChI is InChI=1S/C17H20N2O/c1-3-14-11-15(19(4-2)18-14)10-13-9-12-7-5-6-8-16(12)17(13)20/h5-8,11,13H,3-4,9-10H2,1-2H3. The van der Waals surface area contributed by atoms with Gasteiger partial charge in [0.2, 0.25) is 0 Å². The number of aromatic nitrogens is 2. The van der Waals surface area contributed by atoms with Gasteiger partial charge in [0.15, 0.2) is 5.78 Å². The molecule has 2 aromatic rings. The van der Waals surface area contributed by atoms with Gasteiger partial charge in [0.25, 0.3) is 0 Å². The van der Waals surface area contributed by atoms with Crippen LogP contribution in [-0.4, -0.2) is 15.6 Å². The second-order valence-electron chi connectivity index (χ2n) is 5.42. The predicted molar refractivity (Wildman–Crippen MR) is 78.9 cm³/mol. The fourth-order valence-corrected chi connectivity index (χ4v) is 3.06. The van der Waals surface area contributed by atoms with Gasteiger partial charge in [-0.1, -0.05) is 31.2 Å². The van der Waals surface area contributed by atoms with Crippen molar-refractivity contribution in [1.82, 2.24) is 9.78 Å². The lowest BCUT2D eigenvalue weighted by Gasteiger charge is -2.09. The van der Waals surface area contributed by atoms with E-state index in [0.717, 1.165) is 37.1 Å². The van der Waals surface area contributed by atoms with E-state index in [4.69, 9.17) is 0 Å². The Bertz CT molecular complexity index is 642. The zero-order valence-electron chi connectivity index (χ0n) is 12.1. The number of hydrogen-bond acceptors (Lipinski definition) is 2. The summed E-state index contributed by atoms with van der Waals surface area (Å²) in [5, 5.41) is 4.57. The van der Waals surface area contributed by atoms with Crippen molar-refractivity contribution in [2.45, 2.75) is 39.7 Å². The Morgan fingerprint density at radius 2 is 2.10 bits per heavy atom. The quantitative estimate of drug-likeness (QED) is 0.854. The second-order valence-corrected chi connectivity index (χ2v) is 5.42. The summed E-state index contributed by atoms with van der Waals surface area (Å²) in [6.45, 7) is 5.08. The van der Waals surface area contributed by atoms with Gasteiger partial charge < -0.3 is 0 Å². The van der Waals surface area contributed by atoms with E-state index >= 15 is 0 Å². The number of fused-ring (bicyclic) bond motifs is 1. The zero-order valence-corrected chi connectivity index (χ0v) is 12.1. The van der Waals surface area contributed by atoms with Crippen LogP contribution in [0.25, 0.3) is 0 Å². The van der Waals surface area contributed by atoms with Gasteiger partial charge in [0, 0.05) is 23.7 Å². The molecule has 1 heterocycles. The predicted octanol–water partition coefficient (Wildman–Crippen LogP) is 3.06. The molecule has 0 bridgehead atoms. The Kier molecular flexibility index (Phi) is 3.43. The van der Waals surface area contributed by atoms with Crippen molar-refractivity contribution in [3.05, 3.63) is 52.8 Å². The van der Waals surface area contributed by atoms with Crippen LogP contribution in [-0.2, 0) is 25.8 Å². The highest BCUT2D eigenvalue weighted by Crippen LogP contribution is 2.29. The monoisotopic (exact) mass is 268 g/mol. The average molecular weight is 268 g/mol. The van der Waals surface area contributed by atoms with Crippen LogP contribution in [0.15, 0.2) is 30.3 Å². The molecule has 0 radical (unpaired) electrons. The summed E-state index contributed by atoms with van der Waals surface area (Å²) in [4.78, 5) is 12.4. The van der Waals surface area contributed by atoms with Crippen molar-refractivity contribution in [3.63, 3.8) is 0 Å². The van der Waals surface area contributed by atoms with E-state index in [2.05, 4.69) is 31.1 Å². The molecule has 1 aliphatic rings. The number of hydrogen-bond donors (Lipinski definition) is 0. The van der Waals surface area contributed by atoms with Crippen molar-refractivity contribution >= 4 is 5.78 Å². The first-order valence-electron chi connectivity index (χ1n) is 7.40. The topological polar surface area (TPSA) is 34.9 Å². The third-order valence-electron chi connectivity index (χ3n) is 4.15. The lowest BCUT2D eigenvalue weighted by molar-refractivity contribution is 0.0935. The summed E-state index contributed by atoms with van der Waals surface area (Å²) in [7, 11) is 0. The molecule has 0 N–H and O–H groups in total. The molecule has 3 heteroatoms. The van der Waals surface area contributed by atoms with Crippen molar-refractivity contribution in [2.24, 2.45) is 5.92 Å². The fourth-order valence-electron chi connectivity index (χ4n) is 3.06. The van der Waals surface area contributed by atoms with E-state index in [9.17, 15) is 4.79 Å². The van der Waals surface area contributed by atoms with Gasteiger partial charge in [-0.15, -0.1) is 0 Å². The number of aryl methyl sites for hydroxylation is 2. The van der Waals surface area contributed by atoms with Crippen LogP contribution in [0.2, 0.25) is 0 Å². The molecule has 0 amide bonds. The summed E-state index contributed by atoms with van der Waals surface area (Å²) >= 11 is 0. The van der Waals surface area contributed by atoms with Crippen LogP contribution in [0.5, 0.6) is 0 Å². The number of carbonyl (C=O) groups is 1. The molecule has 0 aliphatic heterocycles. The normalized spacial score (nSPS) is 17.5. The van der Waals surface area contributed by atoms with Crippen LogP contribution < -0.4 is 0 Å². The van der Waals surface area contributed by atoms with Crippen molar-refractivity contribution in [2.75, 3.05) is 0 Å². The van der Waals surface area contributed by atoms with E-state index in [1.165, 1.54) is 11.3 Å². The molecule has 1 atom stereocenters. The highest BCUT2D eigenvalue weighted by atomic mass is 16.1. The summed E-state index contributed by atoms with van der Waals surface area (Å²) in [6.07, 6.45) is 2.61. The molecule has 0 spiro atoms. The maximum absolute atomic E-state index is 12.4. The van der Waals surface area contributed by atoms with E-state index < -0.39 is 0 Å². The van der Waals surface area contributed by atoms with Gasteiger partial charge >= 0.3 is 0 Å². The van der Waals surface area contributed by atoms with Crippen molar-refractivity contribution < 1.29 is 4.79 Å². The van der Waals surface area contributed by atoms with Crippen LogP contribution in [0.3, 0.4) is 0 Å². The summed E-state index contributed by atoms with van der Waals surface area (Å²) < 4.78 is 2.04. The SMILES string of the molecule is CCc1cc(CC2Cc3ccccc3C2=O)n(CC)n1. The molecule has 0 saturated carbocycles. The molecule has 1 aromatic carbocycles. The molecule has 104 valence electrons. The lowest BCUT2D eigenvalue weighted by atomic mass is 9.98. The largest absolute Gasteiger partial charge is 0.294 e. The van der Waals surface area contributed by atoms with Gasteiger partial charge in [0.05, 0.1) is 5.69 Å². The number of ketones is 1. The summed E-state index contributed by atoms with van der Waals surface area (Å²) in [5.41, 5.74) is 4.41. The van der Waals surface area contributed by atoms with Crippen LogP contribution in [0, 0.1) is 5.92 Å². The summed E-state index contributed by atoms with van der Waals surface area (Å²) in [5.74, 6) is 0.376. The van der Waals surface area contributed by atoms with Gasteiger partial charge in [-0.3, -0.25) is 9.48 Å². The maximum Gasteiger partial charge on any atom is 0.166 e. The van der Waals surface area contributed by atoms with Gasteiger partial charge in [0.1, 0.15) is 0 Å². The molecule has 3 nitrogen and oxygen atoms in total. The number of Topliss-reactive ketones (excluding diaryl/α,β-unsaturated/α-hetero) is 1. The first-order valence-corrected chi connectivity index (χ1v) is 7.40. The minimum Gasteiger partial charge on any atom is -0.294 e. The van der Waals surface area contributed by atoms with Gasteiger partial charge in [-0.25, -0.2) is 0 Å². The number of carbonyl (C=O) groups excluding carboxylic acids is 1. The fraction of sp³-hybridized carbons (Fsp3) is 0.412. The third-order valence-corrected chi connectivity index (χ3v) is 4.15. The molecular formula is C17H20N2O. The Labute approximate surface area is 119 Å². The van der Waals surface area contributed by atoms with Gasteiger partial charge in [-0.05, 0) is 37.8 Å². The highest BCUT2D eigenvalue weighted by Gasteiger charge is 2.30. The number of nitrogens with zero attached hydrogens (tertiary/aromatic N) is 2. The highest BCUT2D eigenvalue weighted by molar-refractivity contribution is 6.02. The van der Waals surface area contributed by atoms with E-state index in [1.807, 2.05) is 22.9 Å². The zero-order chi connectivity index (χ0) is 14.1. The second kappa shape index (κ2) is 5.23. The summed E-state index contributed by atoms with van der Waals surface area (Å²) in [6, 6.07) is 10.1. The van der Waals surface area contributed by atoms with Gasteiger partial charge in [-0.2, -0.15) is 5.10 Å². The third kappa shape index (κ3) is 2.17. The lowest BCUT2D eigenvalue weighted by Crippen LogP contribution is -2.15. The van der Waals surface area contributed by atoms with Crippen LogP contribution in [0.1, 0.15) is 41.2 Å². The minimum atomic E-state index is 0.0825. The first kappa shape index (κ1) is 13.1. The smallest absolute Gasteiger partial charge is 0.166 e. The van der Waals surface area contributed by atoms with Crippen molar-refractivity contribution in [3.8, 4) is 0 Å². The van der Waals surface area contributed by atoms with E-state index in [0.29, 0.717) is 5.78 Å². The minimum absolute atomic E-state index is 0.0825. The Morgan fingerprint density at radius 1 is 1.30 bits per heavy atom. The molecule has 3 rings (SSSR count). The van der Waals surface area contributed by atoms with E-state index in [1.54, 1.807) is 0 Å². The van der Waals surface area contributed by atoms with Crippen LogP contribution >= 0.6 is 0 Å². The molecule has 20 heavy (non-hydrogen) atoms. The molecule has 1 unspecified atom stereocenters. The molecule has 1 aromatic heterocycles. The number of benzene rings is 1. The number of rotatable bonds is 4. The Balaban J connectivity index is 1.83. The molecule has 1 aliphatic carbocycles. The van der Waals surface area contributed by atoms with E-state index in [-0.39, 0.29) is 5.92 Å². The Morgan fingerprint density at radius 3 is 2.80 bits per heavy atom. The van der Waals surface area contributed by atoms with Crippen LogP contribution in [0.4, 0.5) is 0 Å².